The van der Waals surface area contributed by atoms with E-state index in [1.165, 1.54) is 6.20 Å². The highest BCUT2D eigenvalue weighted by Gasteiger charge is 1.94. The van der Waals surface area contributed by atoms with Crippen molar-refractivity contribution in [1.82, 2.24) is 0 Å². The third-order valence-electron chi connectivity index (χ3n) is 1.21. The van der Waals surface area contributed by atoms with Gasteiger partial charge in [-0.25, -0.2) is 4.99 Å². The molecule has 0 saturated carbocycles. The molecule has 0 unspecified atom stereocenters. The molecule has 54 valence electrons. The van der Waals surface area contributed by atoms with Crippen LogP contribution in [-0.4, -0.2) is 5.04 Å². The van der Waals surface area contributed by atoms with Crippen LogP contribution in [0.2, 0.25) is 0 Å². The van der Waals surface area contributed by atoms with Gasteiger partial charge in [-0.1, -0.05) is 43.0 Å². The molecule has 0 saturated heterocycles. The molecule has 1 aromatic carbocycles. The van der Waals surface area contributed by atoms with Gasteiger partial charge in [0.1, 0.15) is 5.04 Å². The van der Waals surface area contributed by atoms with Gasteiger partial charge in [0.15, 0.2) is 0 Å². The van der Waals surface area contributed by atoms with Crippen LogP contribution in [0, 0.1) is 6.58 Å². The molecule has 0 aliphatic rings. The molecule has 0 amide bonds. The summed E-state index contributed by atoms with van der Waals surface area (Å²) in [5.74, 6) is 0. The maximum absolute atomic E-state index is 5.09. The molecule has 0 aromatic heterocycles. The summed E-state index contributed by atoms with van der Waals surface area (Å²) in [5.41, 5.74) is 0.921. The average molecular weight is 161 g/mol. The predicted octanol–water partition coefficient (Wildman–Crippen LogP) is 2.58. The van der Waals surface area contributed by atoms with Crippen LogP contribution in [0.15, 0.2) is 41.5 Å². The molecule has 0 bridgehead atoms. The fourth-order valence-corrected chi connectivity index (χ4v) is 0.920. The van der Waals surface area contributed by atoms with E-state index >= 15 is 0 Å². The van der Waals surface area contributed by atoms with Crippen molar-refractivity contribution in [1.29, 1.82) is 0 Å². The van der Waals surface area contributed by atoms with Gasteiger partial charge in [0.25, 0.3) is 0 Å². The molecule has 0 atom stereocenters. The Labute approximate surface area is 71.9 Å². The minimum absolute atomic E-state index is 0.521. The lowest BCUT2D eigenvalue weighted by Crippen LogP contribution is -1.88. The van der Waals surface area contributed by atoms with E-state index in [9.17, 15) is 0 Å². The van der Waals surface area contributed by atoms with Gasteiger partial charge in [-0.2, -0.15) is 0 Å². The first kappa shape index (κ1) is 7.95. The topological polar surface area (TPSA) is 12.4 Å². The fourth-order valence-electron chi connectivity index (χ4n) is 0.723. The molecule has 0 aliphatic heterocycles. The Morgan fingerprint density at radius 2 is 2.00 bits per heavy atom. The van der Waals surface area contributed by atoms with E-state index in [2.05, 4.69) is 4.99 Å². The zero-order valence-electron chi connectivity index (χ0n) is 5.90. The van der Waals surface area contributed by atoms with E-state index in [1.807, 2.05) is 30.3 Å². The lowest BCUT2D eigenvalue weighted by atomic mass is 10.2. The summed E-state index contributed by atoms with van der Waals surface area (Å²) in [7, 11) is 0. The Morgan fingerprint density at radius 1 is 1.36 bits per heavy atom. The first-order chi connectivity index (χ1) is 5.34. The summed E-state index contributed by atoms with van der Waals surface area (Å²) in [4.78, 5) is 3.78. The van der Waals surface area contributed by atoms with Gasteiger partial charge in [-0.05, 0) is 6.58 Å². The van der Waals surface area contributed by atoms with Gasteiger partial charge in [0.2, 0.25) is 0 Å². The summed E-state index contributed by atoms with van der Waals surface area (Å²) >= 11 is 4.94. The van der Waals surface area contributed by atoms with Crippen LogP contribution >= 0.6 is 12.6 Å². The molecule has 1 aromatic rings. The molecule has 1 nitrogen and oxygen atoms in total. The molecule has 11 heavy (non-hydrogen) atoms. The Bertz CT molecular complexity index is 264. The second kappa shape index (κ2) is 3.88. The lowest BCUT2D eigenvalue weighted by molar-refractivity contribution is 1.57. The molecular weight excluding hydrogens is 154 g/mol. The number of rotatable bonds is 2. The summed E-state index contributed by atoms with van der Waals surface area (Å²) < 4.78 is 0. The quantitative estimate of drug-likeness (QED) is 0.467. The molecule has 1 rings (SSSR count). The number of hydrogen-bond acceptors (Lipinski definition) is 1. The zero-order valence-corrected chi connectivity index (χ0v) is 6.71. The molecular formula is C9H7NS. The summed E-state index contributed by atoms with van der Waals surface area (Å²) in [6.07, 6.45) is 1.20. The molecule has 0 N–H and O–H groups in total. The maximum Gasteiger partial charge on any atom is 0.133 e. The molecule has 0 spiro atoms. The van der Waals surface area contributed by atoms with E-state index in [4.69, 9.17) is 19.2 Å². The van der Waals surface area contributed by atoms with Gasteiger partial charge in [-0.3, -0.25) is 0 Å². The van der Waals surface area contributed by atoms with Crippen molar-refractivity contribution in [2.75, 3.05) is 0 Å². The smallest absolute Gasteiger partial charge is 0.133 e. The van der Waals surface area contributed by atoms with Crippen LogP contribution in [0.3, 0.4) is 0 Å². The fraction of sp³-hybridized carbons (Fsp3) is 0. The lowest BCUT2D eigenvalue weighted by Gasteiger charge is -1.93. The molecule has 0 aliphatic carbocycles. The average Bonchev–Trinajstić information content (AvgIpc) is 2.07. The predicted molar refractivity (Wildman–Crippen MR) is 49.4 cm³/mol. The second-order valence-corrected chi connectivity index (χ2v) is 2.34. The van der Waals surface area contributed by atoms with E-state index in [-0.39, 0.29) is 0 Å². The van der Waals surface area contributed by atoms with Gasteiger partial charge >= 0.3 is 0 Å². The minimum Gasteiger partial charge on any atom is -0.245 e. The van der Waals surface area contributed by atoms with Gasteiger partial charge in [0, 0.05) is 11.8 Å². The summed E-state index contributed by atoms with van der Waals surface area (Å²) in [6, 6.07) is 9.55. The molecule has 2 heteroatoms. The zero-order chi connectivity index (χ0) is 8.10. The van der Waals surface area contributed by atoms with Crippen LogP contribution in [-0.2, 0) is 0 Å². The standard InChI is InChI=1S/C9H7NS/c1-2-10-9(11)8-6-4-3-5-7-8/h1-7H. The van der Waals surface area contributed by atoms with Crippen LogP contribution in [0.4, 0.5) is 0 Å². The van der Waals surface area contributed by atoms with Crippen molar-refractivity contribution >= 4 is 17.7 Å². The maximum atomic E-state index is 5.09. The largest absolute Gasteiger partial charge is 0.245 e. The van der Waals surface area contributed by atoms with Crippen LogP contribution < -0.4 is 0 Å². The van der Waals surface area contributed by atoms with Crippen molar-refractivity contribution in [2.45, 2.75) is 0 Å². The monoisotopic (exact) mass is 161 g/mol. The first-order valence-corrected chi connectivity index (χ1v) is 3.59. The molecule has 0 heterocycles. The Hall–Kier alpha value is -1.15. The number of benzene rings is 1. The minimum atomic E-state index is 0.521. The van der Waals surface area contributed by atoms with Crippen molar-refractivity contribution in [3.05, 3.63) is 48.7 Å². The first-order valence-electron chi connectivity index (χ1n) is 3.18. The van der Waals surface area contributed by atoms with E-state index in [0.717, 1.165) is 5.56 Å². The SMILES string of the molecule is [CH]=CN=C([S])c1ccccc1. The number of nitrogens with zero attached hydrogens (tertiary/aromatic N) is 1. The van der Waals surface area contributed by atoms with Gasteiger partial charge < -0.3 is 0 Å². The normalized spacial score (nSPS) is 11.1. The molecule has 0 fully saturated rings. The third-order valence-corrected chi connectivity index (χ3v) is 1.55. The highest BCUT2D eigenvalue weighted by Crippen LogP contribution is 2.03. The third kappa shape index (κ3) is 2.16. The van der Waals surface area contributed by atoms with Crippen molar-refractivity contribution in [3.63, 3.8) is 0 Å². The number of aliphatic imine (C=N–C) groups is 1. The Morgan fingerprint density at radius 3 is 2.55 bits per heavy atom. The Kier molecular flexibility index (Phi) is 2.81. The van der Waals surface area contributed by atoms with E-state index in [1.54, 1.807) is 0 Å². The highest BCUT2D eigenvalue weighted by atomic mass is 32.1. The van der Waals surface area contributed by atoms with E-state index < -0.39 is 0 Å². The van der Waals surface area contributed by atoms with Crippen molar-refractivity contribution in [3.8, 4) is 0 Å². The van der Waals surface area contributed by atoms with Crippen LogP contribution in [0.25, 0.3) is 0 Å². The van der Waals surface area contributed by atoms with Crippen molar-refractivity contribution < 1.29 is 0 Å². The van der Waals surface area contributed by atoms with Gasteiger partial charge in [-0.15, -0.1) is 0 Å². The van der Waals surface area contributed by atoms with Gasteiger partial charge in [0.05, 0.1) is 0 Å². The second-order valence-electron chi connectivity index (χ2n) is 1.95. The van der Waals surface area contributed by atoms with Crippen LogP contribution in [0.1, 0.15) is 5.56 Å². The number of hydrogen-bond donors (Lipinski definition) is 0. The van der Waals surface area contributed by atoms with Crippen LogP contribution in [0.5, 0.6) is 0 Å². The highest BCUT2D eigenvalue weighted by molar-refractivity contribution is 7.97. The summed E-state index contributed by atoms with van der Waals surface area (Å²) in [5, 5.41) is 0.521. The molecule has 2 radical (unpaired) electrons. The Balaban J connectivity index is 2.94. The van der Waals surface area contributed by atoms with E-state index in [0.29, 0.717) is 5.04 Å². The summed E-state index contributed by atoms with van der Waals surface area (Å²) in [6.45, 7) is 5.09. The van der Waals surface area contributed by atoms with Crippen molar-refractivity contribution in [2.24, 2.45) is 4.99 Å².